The number of hydrogen-bond donors (Lipinski definition) is 0. The zero-order chi connectivity index (χ0) is 13.3. The van der Waals surface area contributed by atoms with E-state index in [9.17, 15) is 4.79 Å². The molecule has 2 rings (SSSR count). The van der Waals surface area contributed by atoms with E-state index in [1.807, 2.05) is 25.1 Å². The quantitative estimate of drug-likeness (QED) is 0.790. The lowest BCUT2D eigenvalue weighted by Crippen LogP contribution is -2.25. The van der Waals surface area contributed by atoms with Crippen molar-refractivity contribution >= 4 is 11.6 Å². The third kappa shape index (κ3) is 2.01. The van der Waals surface area contributed by atoms with Crippen molar-refractivity contribution in [3.8, 4) is 11.8 Å². The predicted octanol–water partition coefficient (Wildman–Crippen LogP) is 2.37. The second-order valence-electron chi connectivity index (χ2n) is 3.93. The van der Waals surface area contributed by atoms with E-state index in [2.05, 4.69) is 4.98 Å². The standard InChI is InChI=1S/C13H10ClN3O/c1-8-4-3-5-10(6-8)17-9(2)12(14)16-11(7-15)13(17)18/h3-6H,1-2H3. The lowest BCUT2D eigenvalue weighted by atomic mass is 10.2. The van der Waals surface area contributed by atoms with Crippen molar-refractivity contribution in [3.05, 3.63) is 56.7 Å². The van der Waals surface area contributed by atoms with Gasteiger partial charge < -0.3 is 0 Å². The average molecular weight is 260 g/mol. The molecule has 90 valence electrons. The number of aromatic nitrogens is 2. The van der Waals surface area contributed by atoms with Gasteiger partial charge in [-0.2, -0.15) is 5.26 Å². The fourth-order valence-electron chi connectivity index (χ4n) is 1.73. The molecule has 0 bridgehead atoms. The van der Waals surface area contributed by atoms with Gasteiger partial charge in [-0.25, -0.2) is 4.98 Å². The molecule has 0 fully saturated rings. The molecule has 0 atom stereocenters. The fraction of sp³-hybridized carbons (Fsp3) is 0.154. The largest absolute Gasteiger partial charge is 0.292 e. The van der Waals surface area contributed by atoms with E-state index < -0.39 is 5.56 Å². The third-order valence-electron chi connectivity index (χ3n) is 2.62. The van der Waals surface area contributed by atoms with Gasteiger partial charge >= 0.3 is 0 Å². The summed E-state index contributed by atoms with van der Waals surface area (Å²) in [5, 5.41) is 9.04. The second-order valence-corrected chi connectivity index (χ2v) is 4.29. The molecular weight excluding hydrogens is 250 g/mol. The first-order chi connectivity index (χ1) is 8.54. The van der Waals surface area contributed by atoms with E-state index in [0.29, 0.717) is 11.4 Å². The molecule has 1 aromatic heterocycles. The zero-order valence-corrected chi connectivity index (χ0v) is 10.7. The summed E-state index contributed by atoms with van der Waals surface area (Å²) < 4.78 is 1.40. The lowest BCUT2D eigenvalue weighted by Gasteiger charge is -2.11. The Labute approximate surface area is 109 Å². The average Bonchev–Trinajstić information content (AvgIpc) is 2.34. The van der Waals surface area contributed by atoms with Gasteiger partial charge in [0, 0.05) is 5.69 Å². The molecular formula is C13H10ClN3O. The van der Waals surface area contributed by atoms with Gasteiger partial charge in [-0.1, -0.05) is 23.7 Å². The lowest BCUT2D eigenvalue weighted by molar-refractivity contribution is 0.892. The Morgan fingerprint density at radius 2 is 2.11 bits per heavy atom. The summed E-state index contributed by atoms with van der Waals surface area (Å²) in [6.45, 7) is 3.62. The highest BCUT2D eigenvalue weighted by Gasteiger charge is 2.13. The van der Waals surface area contributed by atoms with Crippen LogP contribution in [0.1, 0.15) is 17.0 Å². The van der Waals surface area contributed by atoms with Crippen molar-refractivity contribution in [2.24, 2.45) is 0 Å². The molecule has 18 heavy (non-hydrogen) atoms. The van der Waals surface area contributed by atoms with Crippen molar-refractivity contribution in [1.29, 1.82) is 5.26 Å². The summed E-state index contributed by atoms with van der Waals surface area (Å²) in [4.78, 5) is 15.9. The number of nitrogens with zero attached hydrogens (tertiary/aromatic N) is 3. The van der Waals surface area contributed by atoms with Crippen LogP contribution in [0.3, 0.4) is 0 Å². The minimum absolute atomic E-state index is 0.160. The predicted molar refractivity (Wildman–Crippen MR) is 69.0 cm³/mol. The van der Waals surface area contributed by atoms with Gasteiger partial charge in [0.2, 0.25) is 5.69 Å². The first-order valence-electron chi connectivity index (χ1n) is 5.31. The van der Waals surface area contributed by atoms with Crippen molar-refractivity contribution < 1.29 is 0 Å². The van der Waals surface area contributed by atoms with E-state index in [1.54, 1.807) is 19.1 Å². The van der Waals surface area contributed by atoms with Gasteiger partial charge in [0.15, 0.2) is 0 Å². The van der Waals surface area contributed by atoms with E-state index >= 15 is 0 Å². The molecule has 0 N–H and O–H groups in total. The highest BCUT2D eigenvalue weighted by Crippen LogP contribution is 2.16. The van der Waals surface area contributed by atoms with Crippen molar-refractivity contribution in [2.75, 3.05) is 0 Å². The van der Waals surface area contributed by atoms with Crippen LogP contribution in [0, 0.1) is 25.2 Å². The first kappa shape index (κ1) is 12.3. The number of halogens is 1. The molecule has 1 aromatic carbocycles. The van der Waals surface area contributed by atoms with Crippen LogP contribution in [0.15, 0.2) is 29.1 Å². The molecule has 5 heteroatoms. The highest BCUT2D eigenvalue weighted by atomic mass is 35.5. The maximum Gasteiger partial charge on any atom is 0.292 e. The van der Waals surface area contributed by atoms with Crippen LogP contribution in [-0.2, 0) is 0 Å². The van der Waals surface area contributed by atoms with Crippen LogP contribution in [-0.4, -0.2) is 9.55 Å². The molecule has 0 amide bonds. The molecule has 0 aliphatic heterocycles. The van der Waals surface area contributed by atoms with Crippen molar-refractivity contribution in [1.82, 2.24) is 9.55 Å². The van der Waals surface area contributed by atoms with Crippen LogP contribution in [0.5, 0.6) is 0 Å². The van der Waals surface area contributed by atoms with Crippen LogP contribution in [0.4, 0.5) is 0 Å². The summed E-state index contributed by atoms with van der Waals surface area (Å²) in [6.07, 6.45) is 0. The number of benzene rings is 1. The molecule has 0 unspecified atom stereocenters. The van der Waals surface area contributed by atoms with Crippen LogP contribution < -0.4 is 5.56 Å². The SMILES string of the molecule is Cc1cccc(-n2c(C)c(Cl)nc(C#N)c2=O)c1. The Kier molecular flexibility index (Phi) is 3.17. The van der Waals surface area contributed by atoms with Crippen molar-refractivity contribution in [2.45, 2.75) is 13.8 Å². The molecule has 0 saturated carbocycles. The third-order valence-corrected chi connectivity index (χ3v) is 2.97. The fourth-order valence-corrected chi connectivity index (χ4v) is 1.90. The molecule has 4 nitrogen and oxygen atoms in total. The Bertz CT molecular complexity index is 713. The Hall–Kier alpha value is -2.12. The molecule has 1 heterocycles. The van der Waals surface area contributed by atoms with Gasteiger partial charge in [0.25, 0.3) is 5.56 Å². The summed E-state index contributed by atoms with van der Waals surface area (Å²) in [7, 11) is 0. The van der Waals surface area contributed by atoms with E-state index in [1.165, 1.54) is 4.57 Å². The second kappa shape index (κ2) is 4.63. The molecule has 0 saturated heterocycles. The van der Waals surface area contributed by atoms with Crippen LogP contribution >= 0.6 is 11.6 Å². The topological polar surface area (TPSA) is 58.7 Å². The minimum atomic E-state index is -0.454. The summed E-state index contributed by atoms with van der Waals surface area (Å²) in [5.74, 6) is 0. The van der Waals surface area contributed by atoms with Crippen LogP contribution in [0.25, 0.3) is 5.69 Å². The van der Waals surface area contributed by atoms with E-state index in [0.717, 1.165) is 5.56 Å². The van der Waals surface area contributed by atoms with Gasteiger partial charge in [0.1, 0.15) is 11.2 Å². The summed E-state index contributed by atoms with van der Waals surface area (Å²) in [5.41, 5.74) is 1.56. The minimum Gasteiger partial charge on any atom is -0.276 e. The molecule has 0 aliphatic carbocycles. The first-order valence-corrected chi connectivity index (χ1v) is 5.68. The maximum absolute atomic E-state index is 12.1. The van der Waals surface area contributed by atoms with Gasteiger partial charge in [-0.15, -0.1) is 0 Å². The van der Waals surface area contributed by atoms with E-state index in [-0.39, 0.29) is 10.8 Å². The number of aryl methyl sites for hydroxylation is 1. The van der Waals surface area contributed by atoms with Gasteiger partial charge in [-0.3, -0.25) is 9.36 Å². The van der Waals surface area contributed by atoms with Crippen LogP contribution in [0.2, 0.25) is 5.15 Å². The Morgan fingerprint density at radius 1 is 1.39 bits per heavy atom. The van der Waals surface area contributed by atoms with E-state index in [4.69, 9.17) is 16.9 Å². The van der Waals surface area contributed by atoms with Gasteiger partial charge in [-0.05, 0) is 31.5 Å². The number of nitriles is 1. The monoisotopic (exact) mass is 259 g/mol. The Balaban J connectivity index is 2.83. The van der Waals surface area contributed by atoms with Crippen molar-refractivity contribution in [3.63, 3.8) is 0 Å². The Morgan fingerprint density at radius 3 is 2.72 bits per heavy atom. The zero-order valence-electron chi connectivity index (χ0n) is 9.94. The molecule has 2 aromatic rings. The summed E-state index contributed by atoms with van der Waals surface area (Å²) >= 11 is 5.94. The number of rotatable bonds is 1. The summed E-state index contributed by atoms with van der Waals surface area (Å²) in [6, 6.07) is 9.18. The molecule has 0 spiro atoms. The van der Waals surface area contributed by atoms with Gasteiger partial charge in [0.05, 0.1) is 5.69 Å². The molecule has 0 aliphatic rings. The number of hydrogen-bond acceptors (Lipinski definition) is 3. The maximum atomic E-state index is 12.1. The normalized spacial score (nSPS) is 10.1. The highest BCUT2D eigenvalue weighted by molar-refractivity contribution is 6.30. The smallest absolute Gasteiger partial charge is 0.276 e. The molecule has 0 radical (unpaired) electrons.